The summed E-state index contributed by atoms with van der Waals surface area (Å²) in [6.45, 7) is 9.48. The molecule has 0 aliphatic heterocycles. The molecule has 83 heavy (non-hydrogen) atoms. The van der Waals surface area contributed by atoms with Gasteiger partial charge in [0, 0.05) is 45.1 Å². The van der Waals surface area contributed by atoms with E-state index in [9.17, 15) is 0 Å². The highest BCUT2D eigenvalue weighted by molar-refractivity contribution is 5.86. The molecule has 1 aliphatic rings. The number of ether oxygens (including phenoxy) is 1. The second kappa shape index (κ2) is 22.2. The summed E-state index contributed by atoms with van der Waals surface area (Å²) in [5, 5.41) is 0. The minimum Gasteiger partial charge on any atom is -0.496 e. The number of hydrogen-bond acceptors (Lipinski definition) is 3. The number of nitrogens with zero attached hydrogens (tertiary/aromatic N) is 2. The molecule has 1 atom stereocenters. The van der Waals surface area contributed by atoms with Gasteiger partial charge in [-0.05, 0) is 187 Å². The smallest absolute Gasteiger partial charge is 0.126 e. The van der Waals surface area contributed by atoms with Crippen LogP contribution in [0.1, 0.15) is 49.4 Å². The van der Waals surface area contributed by atoms with Crippen molar-refractivity contribution in [2.75, 3.05) is 16.9 Å². The van der Waals surface area contributed by atoms with Gasteiger partial charge in [-0.1, -0.05) is 233 Å². The molecule has 0 fully saturated rings. The maximum absolute atomic E-state index is 6.23. The SMILES string of the molecule is COc1ccc(N(c2ccc(-c3ccccc3)cc2)c2ccc(-c3ccccc3)cc2)cc1-c1ccc2c(c1)C(C)(c1ccc(-c3cc(N(c4ccc(-c5ccccc5)cc4)c4ccc(-c5ccccc5)cc4)ccc3C)cc1)CC2(C)C. The predicted molar refractivity (Wildman–Crippen MR) is 350 cm³/mol. The van der Waals surface area contributed by atoms with Gasteiger partial charge in [0.1, 0.15) is 5.75 Å². The number of rotatable bonds is 14. The first kappa shape index (κ1) is 52.4. The first-order valence-electron chi connectivity index (χ1n) is 28.9. The van der Waals surface area contributed by atoms with E-state index < -0.39 is 0 Å². The monoisotopic (exact) mass is 1070 g/mol. The molecule has 0 bridgehead atoms. The van der Waals surface area contributed by atoms with Crippen LogP contribution in [0.2, 0.25) is 0 Å². The van der Waals surface area contributed by atoms with Gasteiger partial charge in [-0.25, -0.2) is 0 Å². The van der Waals surface area contributed by atoms with Gasteiger partial charge < -0.3 is 14.5 Å². The molecular formula is C80H66N2O. The third-order valence-corrected chi connectivity index (χ3v) is 17.1. The zero-order valence-electron chi connectivity index (χ0n) is 47.8. The van der Waals surface area contributed by atoms with E-state index in [-0.39, 0.29) is 10.8 Å². The Balaban J connectivity index is 0.845. The molecule has 0 saturated heterocycles. The normalized spacial score (nSPS) is 14.2. The van der Waals surface area contributed by atoms with Crippen molar-refractivity contribution in [2.45, 2.75) is 44.9 Å². The third-order valence-electron chi connectivity index (χ3n) is 17.1. The molecule has 402 valence electrons. The highest BCUT2D eigenvalue weighted by atomic mass is 16.5. The van der Waals surface area contributed by atoms with Crippen molar-refractivity contribution in [1.82, 2.24) is 0 Å². The average Bonchev–Trinajstić information content (AvgIpc) is 3.71. The minimum absolute atomic E-state index is 0.0468. The summed E-state index contributed by atoms with van der Waals surface area (Å²) in [6.07, 6.45) is 0.983. The summed E-state index contributed by atoms with van der Waals surface area (Å²) in [7, 11) is 1.78. The van der Waals surface area contributed by atoms with Crippen LogP contribution in [0.25, 0.3) is 66.8 Å². The maximum atomic E-state index is 6.23. The Kier molecular flexibility index (Phi) is 14.0. The molecule has 3 heteroatoms. The van der Waals surface area contributed by atoms with E-state index in [0.29, 0.717) is 0 Å². The second-order valence-corrected chi connectivity index (χ2v) is 22.9. The first-order valence-corrected chi connectivity index (χ1v) is 28.9. The van der Waals surface area contributed by atoms with Gasteiger partial charge in [0.15, 0.2) is 0 Å². The van der Waals surface area contributed by atoms with Crippen molar-refractivity contribution < 1.29 is 4.74 Å². The number of aryl methyl sites for hydroxylation is 1. The Hall–Kier alpha value is -9.96. The van der Waals surface area contributed by atoms with Crippen LogP contribution in [-0.2, 0) is 10.8 Å². The largest absolute Gasteiger partial charge is 0.496 e. The number of methoxy groups -OCH3 is 1. The molecular weight excluding hydrogens is 1000 g/mol. The van der Waals surface area contributed by atoms with Crippen LogP contribution in [-0.4, -0.2) is 7.11 Å². The number of benzene rings is 12. The van der Waals surface area contributed by atoms with Crippen LogP contribution in [0, 0.1) is 6.92 Å². The molecule has 0 amide bonds. The number of anilines is 6. The van der Waals surface area contributed by atoms with E-state index >= 15 is 0 Å². The van der Waals surface area contributed by atoms with Gasteiger partial charge in [-0.2, -0.15) is 0 Å². The lowest BCUT2D eigenvalue weighted by Crippen LogP contribution is -2.23. The Morgan fingerprint density at radius 3 is 1.04 bits per heavy atom. The molecule has 1 unspecified atom stereocenters. The summed E-state index contributed by atoms with van der Waals surface area (Å²) in [5.74, 6) is 0.834. The van der Waals surface area contributed by atoms with E-state index in [2.05, 4.69) is 335 Å². The molecule has 12 aromatic carbocycles. The van der Waals surface area contributed by atoms with Gasteiger partial charge in [0.05, 0.1) is 7.11 Å². The summed E-state index contributed by atoms with van der Waals surface area (Å²) in [6, 6.07) is 108. The minimum atomic E-state index is -0.253. The fourth-order valence-electron chi connectivity index (χ4n) is 12.9. The molecule has 0 heterocycles. The highest BCUT2D eigenvalue weighted by Gasteiger charge is 2.46. The molecule has 12 aromatic rings. The molecule has 0 saturated carbocycles. The van der Waals surface area contributed by atoms with Crippen molar-refractivity contribution in [3.05, 3.63) is 320 Å². The van der Waals surface area contributed by atoms with Crippen LogP contribution in [0.15, 0.2) is 297 Å². The van der Waals surface area contributed by atoms with Crippen LogP contribution < -0.4 is 14.5 Å². The second-order valence-electron chi connectivity index (χ2n) is 22.9. The molecule has 0 N–H and O–H groups in total. The zero-order valence-corrected chi connectivity index (χ0v) is 47.8. The number of hydrogen-bond donors (Lipinski definition) is 0. The first-order chi connectivity index (χ1) is 40.6. The lowest BCUT2D eigenvalue weighted by molar-refractivity contribution is 0.416. The van der Waals surface area contributed by atoms with Gasteiger partial charge in [-0.15, -0.1) is 0 Å². The molecule has 0 spiro atoms. The summed E-state index contributed by atoms with van der Waals surface area (Å²) >= 11 is 0. The van der Waals surface area contributed by atoms with Crippen molar-refractivity contribution in [3.8, 4) is 72.5 Å². The Morgan fingerprint density at radius 2 is 0.639 bits per heavy atom. The summed E-state index contributed by atoms with van der Waals surface area (Å²) in [4.78, 5) is 4.74. The van der Waals surface area contributed by atoms with Crippen LogP contribution in [0.3, 0.4) is 0 Å². The van der Waals surface area contributed by atoms with Crippen LogP contribution in [0.4, 0.5) is 34.1 Å². The topological polar surface area (TPSA) is 15.7 Å². The van der Waals surface area contributed by atoms with Gasteiger partial charge >= 0.3 is 0 Å². The van der Waals surface area contributed by atoms with Crippen molar-refractivity contribution >= 4 is 34.1 Å². The van der Waals surface area contributed by atoms with Crippen molar-refractivity contribution in [1.29, 1.82) is 0 Å². The Labute approximate surface area is 490 Å². The van der Waals surface area contributed by atoms with E-state index in [1.54, 1.807) is 7.11 Å². The Morgan fingerprint density at radius 1 is 0.301 bits per heavy atom. The van der Waals surface area contributed by atoms with Gasteiger partial charge in [0.2, 0.25) is 0 Å². The maximum Gasteiger partial charge on any atom is 0.126 e. The van der Waals surface area contributed by atoms with Crippen LogP contribution in [0.5, 0.6) is 5.75 Å². The standard InChI is InChI=1S/C80H66N2O/c1-56-26-40-72(81(68-41-29-61(30-42-68)57-18-10-6-11-19-57)69-43-31-62(32-44-69)58-20-12-7-13-21-58)53-74(56)65-27-38-67(39-28-65)80(4)55-79(2,3)76-50-37-66(52-77(76)80)75-54-73(49-51-78(75)83-5)82(70-45-33-63(34-46-70)59-22-14-8-15-23-59)71-47-35-64(36-48-71)60-24-16-9-17-25-60/h6-54H,55H2,1-5H3. The molecule has 13 rings (SSSR count). The molecule has 1 aliphatic carbocycles. The quantitative estimate of drug-likeness (QED) is 0.108. The molecule has 0 radical (unpaired) electrons. The highest BCUT2D eigenvalue weighted by Crippen LogP contribution is 2.55. The molecule has 0 aromatic heterocycles. The van der Waals surface area contributed by atoms with Gasteiger partial charge in [-0.3, -0.25) is 0 Å². The fourth-order valence-corrected chi connectivity index (χ4v) is 12.9. The van der Waals surface area contributed by atoms with E-state index in [4.69, 9.17) is 4.74 Å². The third kappa shape index (κ3) is 10.3. The lowest BCUT2D eigenvalue weighted by Gasteiger charge is -2.29. The summed E-state index contributed by atoms with van der Waals surface area (Å²) < 4.78 is 6.23. The van der Waals surface area contributed by atoms with Crippen LogP contribution >= 0.6 is 0 Å². The van der Waals surface area contributed by atoms with Crippen molar-refractivity contribution in [3.63, 3.8) is 0 Å². The zero-order chi connectivity index (χ0) is 56.5. The fraction of sp³-hybridized carbons (Fsp3) is 0.100. The summed E-state index contributed by atoms with van der Waals surface area (Å²) in [5.41, 5.74) is 25.6. The van der Waals surface area contributed by atoms with E-state index in [0.717, 1.165) is 57.4 Å². The Bertz CT molecular complexity index is 4030. The van der Waals surface area contributed by atoms with Crippen molar-refractivity contribution in [2.24, 2.45) is 0 Å². The average molecular weight is 1070 g/mol. The van der Waals surface area contributed by atoms with E-state index in [1.165, 1.54) is 77.9 Å². The number of fused-ring (bicyclic) bond motifs is 1. The van der Waals surface area contributed by atoms with E-state index in [1.807, 2.05) is 0 Å². The lowest BCUT2D eigenvalue weighted by atomic mass is 9.74. The van der Waals surface area contributed by atoms with Gasteiger partial charge in [0.25, 0.3) is 0 Å². The molecule has 3 nitrogen and oxygen atoms in total. The predicted octanol–water partition coefficient (Wildman–Crippen LogP) is 21.9.